The van der Waals surface area contributed by atoms with Crippen LogP contribution in [-0.2, 0) is 38.3 Å². The summed E-state index contributed by atoms with van der Waals surface area (Å²) in [6.45, 7) is 1.07. The van der Waals surface area contributed by atoms with E-state index in [9.17, 15) is 27.6 Å². The second kappa shape index (κ2) is 12.1. The molecule has 204 valence electrons. The Balaban J connectivity index is 1.59. The number of amides is 2. The zero-order valence-electron chi connectivity index (χ0n) is 21.4. The Hall–Kier alpha value is -4.14. The fraction of sp³-hybridized carbons (Fsp3) is 0.300. The van der Waals surface area contributed by atoms with Gasteiger partial charge in [0.15, 0.2) is 0 Å². The van der Waals surface area contributed by atoms with E-state index in [1.807, 2.05) is 30.3 Å². The number of aryl methyl sites for hydroxylation is 1. The molecule has 3 aromatic carbocycles. The Morgan fingerprint density at radius 1 is 0.949 bits per heavy atom. The number of carbonyl (C=O) groups is 3. The smallest absolute Gasteiger partial charge is 0.416 e. The van der Waals surface area contributed by atoms with Gasteiger partial charge in [0.05, 0.1) is 18.2 Å². The van der Waals surface area contributed by atoms with Crippen molar-refractivity contribution in [2.24, 2.45) is 0 Å². The average Bonchev–Trinajstić information content (AvgIpc) is 2.92. The van der Waals surface area contributed by atoms with Gasteiger partial charge >= 0.3 is 12.1 Å². The number of benzene rings is 3. The number of piperazine rings is 1. The lowest BCUT2D eigenvalue weighted by Gasteiger charge is -2.42. The third-order valence-electron chi connectivity index (χ3n) is 6.66. The molecule has 0 radical (unpaired) electrons. The summed E-state index contributed by atoms with van der Waals surface area (Å²) in [5.41, 5.74) is 1.09. The number of carbonyl (C=O) groups excluding carboxylic acids is 3. The summed E-state index contributed by atoms with van der Waals surface area (Å²) < 4.78 is 45.2. The number of halogens is 3. The molecule has 1 heterocycles. The molecular formula is C30H29F3N2O4. The Bertz CT molecular complexity index is 1300. The molecular weight excluding hydrogens is 509 g/mol. The van der Waals surface area contributed by atoms with Gasteiger partial charge < -0.3 is 14.5 Å². The minimum absolute atomic E-state index is 0.0176. The quantitative estimate of drug-likeness (QED) is 0.371. The van der Waals surface area contributed by atoms with Crippen LogP contribution in [0.2, 0.25) is 0 Å². The first-order valence-corrected chi connectivity index (χ1v) is 12.6. The molecule has 39 heavy (non-hydrogen) atoms. The summed E-state index contributed by atoms with van der Waals surface area (Å²) >= 11 is 0. The first kappa shape index (κ1) is 27.9. The van der Waals surface area contributed by atoms with Crippen molar-refractivity contribution in [2.75, 3.05) is 13.1 Å². The Kier molecular flexibility index (Phi) is 8.69. The zero-order chi connectivity index (χ0) is 28.0. The van der Waals surface area contributed by atoms with E-state index in [0.717, 1.165) is 17.7 Å². The van der Waals surface area contributed by atoms with Gasteiger partial charge in [0.2, 0.25) is 12.0 Å². The SMILES string of the molecule is CC(=O)O[C@@H](C(=O)N1CC(=O)N(Cc2cccc(C(F)(F)F)c2)[C@@H](CCc2ccccc2)C1)c1ccccc1. The van der Waals surface area contributed by atoms with Crippen LogP contribution < -0.4 is 0 Å². The first-order valence-electron chi connectivity index (χ1n) is 12.6. The van der Waals surface area contributed by atoms with Gasteiger partial charge in [-0.25, -0.2) is 0 Å². The lowest BCUT2D eigenvalue weighted by molar-refractivity contribution is -0.163. The highest BCUT2D eigenvalue weighted by atomic mass is 19.4. The molecule has 0 bridgehead atoms. The second-order valence-corrected chi connectivity index (χ2v) is 9.52. The minimum atomic E-state index is -4.50. The fourth-order valence-corrected chi connectivity index (χ4v) is 4.75. The monoisotopic (exact) mass is 538 g/mol. The van der Waals surface area contributed by atoms with E-state index in [1.165, 1.54) is 17.9 Å². The Morgan fingerprint density at radius 3 is 2.23 bits per heavy atom. The lowest BCUT2D eigenvalue weighted by Crippen LogP contribution is -2.58. The van der Waals surface area contributed by atoms with Crippen molar-refractivity contribution in [3.63, 3.8) is 0 Å². The predicted octanol–water partition coefficient (Wildman–Crippen LogP) is 5.18. The van der Waals surface area contributed by atoms with Crippen LogP contribution in [0.3, 0.4) is 0 Å². The molecule has 4 rings (SSSR count). The molecule has 0 aliphatic carbocycles. The second-order valence-electron chi connectivity index (χ2n) is 9.52. The van der Waals surface area contributed by atoms with Gasteiger partial charge in [-0.2, -0.15) is 13.2 Å². The highest BCUT2D eigenvalue weighted by Gasteiger charge is 2.38. The van der Waals surface area contributed by atoms with E-state index < -0.39 is 35.8 Å². The van der Waals surface area contributed by atoms with Crippen molar-refractivity contribution in [3.8, 4) is 0 Å². The molecule has 0 aromatic heterocycles. The molecule has 3 aromatic rings. The molecule has 2 amide bonds. The number of hydrogen-bond donors (Lipinski definition) is 0. The van der Waals surface area contributed by atoms with Gasteiger partial charge in [-0.05, 0) is 36.1 Å². The van der Waals surface area contributed by atoms with Gasteiger partial charge in [0, 0.05) is 25.6 Å². The van der Waals surface area contributed by atoms with E-state index in [-0.39, 0.29) is 25.5 Å². The summed E-state index contributed by atoms with van der Waals surface area (Å²) in [7, 11) is 0. The molecule has 0 N–H and O–H groups in total. The first-order chi connectivity index (χ1) is 18.6. The number of nitrogens with zero attached hydrogens (tertiary/aromatic N) is 2. The molecule has 1 fully saturated rings. The maximum Gasteiger partial charge on any atom is 0.416 e. The topological polar surface area (TPSA) is 66.9 Å². The van der Waals surface area contributed by atoms with Gasteiger partial charge in [-0.15, -0.1) is 0 Å². The number of alkyl halides is 3. The van der Waals surface area contributed by atoms with Crippen molar-refractivity contribution in [3.05, 3.63) is 107 Å². The standard InChI is InChI=1S/C30H29F3N2O4/c1-21(36)39-28(24-12-6-3-7-13-24)29(38)34-19-26(16-15-22-9-4-2-5-10-22)35(27(37)20-34)18-23-11-8-14-25(17-23)30(31,32)33/h2-14,17,26,28H,15-16,18-20H2,1H3/t26-,28+/m0/s1. The number of hydrogen-bond acceptors (Lipinski definition) is 4. The van der Waals surface area contributed by atoms with Crippen LogP contribution in [-0.4, -0.2) is 46.7 Å². The predicted molar refractivity (Wildman–Crippen MR) is 138 cm³/mol. The molecule has 1 saturated heterocycles. The molecule has 1 aliphatic heterocycles. The Labute approximate surface area is 225 Å². The van der Waals surface area contributed by atoms with Crippen LogP contribution in [0.15, 0.2) is 84.9 Å². The van der Waals surface area contributed by atoms with Crippen molar-refractivity contribution >= 4 is 17.8 Å². The number of esters is 1. The maximum absolute atomic E-state index is 13.6. The van der Waals surface area contributed by atoms with Gasteiger partial charge in [0.25, 0.3) is 5.91 Å². The molecule has 0 unspecified atom stereocenters. The summed E-state index contributed by atoms with van der Waals surface area (Å²) in [4.78, 5) is 41.7. The highest BCUT2D eigenvalue weighted by Crippen LogP contribution is 2.31. The zero-order valence-corrected chi connectivity index (χ0v) is 21.4. The van der Waals surface area contributed by atoms with E-state index in [2.05, 4.69) is 0 Å². The molecule has 6 nitrogen and oxygen atoms in total. The van der Waals surface area contributed by atoms with Gasteiger partial charge in [0.1, 0.15) is 0 Å². The third kappa shape index (κ3) is 7.25. The van der Waals surface area contributed by atoms with Gasteiger partial charge in [-0.3, -0.25) is 14.4 Å². The van der Waals surface area contributed by atoms with Crippen LogP contribution >= 0.6 is 0 Å². The van der Waals surface area contributed by atoms with Crippen LogP contribution in [0.5, 0.6) is 0 Å². The third-order valence-corrected chi connectivity index (χ3v) is 6.66. The van der Waals surface area contributed by atoms with Crippen LogP contribution in [0.1, 0.15) is 41.7 Å². The normalized spacial score (nSPS) is 16.6. The van der Waals surface area contributed by atoms with Gasteiger partial charge in [-0.1, -0.05) is 72.8 Å². The van der Waals surface area contributed by atoms with E-state index >= 15 is 0 Å². The van der Waals surface area contributed by atoms with Crippen molar-refractivity contribution in [2.45, 2.75) is 44.6 Å². The number of rotatable bonds is 8. The highest BCUT2D eigenvalue weighted by molar-refractivity contribution is 5.90. The minimum Gasteiger partial charge on any atom is -0.447 e. The van der Waals surface area contributed by atoms with E-state index in [0.29, 0.717) is 24.0 Å². The average molecular weight is 539 g/mol. The Morgan fingerprint density at radius 2 is 1.59 bits per heavy atom. The summed E-state index contributed by atoms with van der Waals surface area (Å²) in [5, 5.41) is 0. The van der Waals surface area contributed by atoms with Crippen molar-refractivity contribution in [1.82, 2.24) is 9.80 Å². The number of ether oxygens (including phenoxy) is 1. The van der Waals surface area contributed by atoms with Crippen LogP contribution in [0.25, 0.3) is 0 Å². The van der Waals surface area contributed by atoms with Crippen LogP contribution in [0, 0.1) is 0 Å². The van der Waals surface area contributed by atoms with Crippen molar-refractivity contribution in [1.29, 1.82) is 0 Å². The maximum atomic E-state index is 13.6. The molecule has 0 saturated carbocycles. The molecule has 0 spiro atoms. The summed E-state index contributed by atoms with van der Waals surface area (Å²) in [5.74, 6) is -1.54. The molecule has 9 heteroatoms. The summed E-state index contributed by atoms with van der Waals surface area (Å²) in [6, 6.07) is 22.6. The largest absolute Gasteiger partial charge is 0.447 e. The fourth-order valence-electron chi connectivity index (χ4n) is 4.75. The summed E-state index contributed by atoms with van der Waals surface area (Å²) in [6.07, 6.45) is -4.61. The molecule has 2 atom stereocenters. The van der Waals surface area contributed by atoms with Crippen molar-refractivity contribution < 1.29 is 32.3 Å². The van der Waals surface area contributed by atoms with E-state index in [1.54, 1.807) is 41.3 Å². The molecule has 1 aliphatic rings. The lowest BCUT2D eigenvalue weighted by atomic mass is 9.99. The van der Waals surface area contributed by atoms with E-state index in [4.69, 9.17) is 4.74 Å². The van der Waals surface area contributed by atoms with Crippen LogP contribution in [0.4, 0.5) is 13.2 Å².